The summed E-state index contributed by atoms with van der Waals surface area (Å²) in [6.45, 7) is 3.06. The molecule has 3 heteroatoms. The maximum Gasteiger partial charge on any atom is 0.209 e. The Labute approximate surface area is 55.7 Å². The summed E-state index contributed by atoms with van der Waals surface area (Å²) in [5, 5.41) is 0. The molecule has 0 saturated carbocycles. The van der Waals surface area contributed by atoms with E-state index >= 15 is 0 Å². The minimum Gasteiger partial charge on any atom is -0.351 e. The predicted octanol–water partition coefficient (Wildman–Crippen LogP) is 0.300. The minimum atomic E-state index is 0.167. The highest BCUT2D eigenvalue weighted by atomic mass is 16.1. The van der Waals surface area contributed by atoms with Gasteiger partial charge < -0.3 is 9.69 Å². The Balaban J connectivity index is 0. The van der Waals surface area contributed by atoms with Gasteiger partial charge in [-0.25, -0.2) is 0 Å². The zero-order valence-corrected chi connectivity index (χ0v) is 6.34. The Hall–Kier alpha value is -0.860. The second-order valence-electron chi connectivity index (χ2n) is 1.98. The second-order valence-corrected chi connectivity index (χ2v) is 1.98. The molecular formula is C6H13NO2. The van der Waals surface area contributed by atoms with Crippen molar-refractivity contribution >= 4 is 12.2 Å². The average molecular weight is 131 g/mol. The minimum absolute atomic E-state index is 0.167. The summed E-state index contributed by atoms with van der Waals surface area (Å²) in [7, 11) is 3.38. The van der Waals surface area contributed by atoms with Crippen LogP contribution in [0, 0.1) is 0 Å². The number of hydrogen-bond acceptors (Lipinski definition) is 2. The van der Waals surface area contributed by atoms with Crippen LogP contribution < -0.4 is 0 Å². The van der Waals surface area contributed by atoms with E-state index in [1.165, 1.54) is 18.7 Å². The van der Waals surface area contributed by atoms with E-state index in [0.29, 0.717) is 0 Å². The molecule has 54 valence electrons. The Bertz CT molecular complexity index is 85.1. The zero-order valence-electron chi connectivity index (χ0n) is 6.34. The summed E-state index contributed by atoms with van der Waals surface area (Å²) >= 11 is 0. The van der Waals surface area contributed by atoms with Gasteiger partial charge in [0.15, 0.2) is 0 Å². The van der Waals surface area contributed by atoms with Crippen LogP contribution in [0.4, 0.5) is 0 Å². The molecule has 0 aromatic carbocycles. The summed E-state index contributed by atoms with van der Waals surface area (Å²) in [6.07, 6.45) is 0.750. The molecule has 0 aromatic heterocycles. The van der Waals surface area contributed by atoms with Crippen molar-refractivity contribution in [3.8, 4) is 0 Å². The molecule has 0 N–H and O–H groups in total. The molecule has 0 unspecified atom stereocenters. The third-order valence-corrected chi connectivity index (χ3v) is 0.211. The molecule has 0 radical (unpaired) electrons. The van der Waals surface area contributed by atoms with Crippen LogP contribution in [0.3, 0.4) is 0 Å². The van der Waals surface area contributed by atoms with E-state index in [1.807, 2.05) is 0 Å². The van der Waals surface area contributed by atoms with Gasteiger partial charge in [-0.1, -0.05) is 0 Å². The first-order chi connectivity index (χ1) is 4.00. The van der Waals surface area contributed by atoms with Gasteiger partial charge in [0.2, 0.25) is 6.41 Å². The monoisotopic (exact) mass is 131 g/mol. The van der Waals surface area contributed by atoms with Crippen LogP contribution in [-0.2, 0) is 9.59 Å². The molecule has 0 heterocycles. The summed E-state index contributed by atoms with van der Waals surface area (Å²) in [5.41, 5.74) is 0. The van der Waals surface area contributed by atoms with Gasteiger partial charge in [0.25, 0.3) is 0 Å². The molecule has 9 heavy (non-hydrogen) atoms. The summed E-state index contributed by atoms with van der Waals surface area (Å²) < 4.78 is 0. The molecule has 0 rings (SSSR count). The van der Waals surface area contributed by atoms with Crippen molar-refractivity contribution < 1.29 is 9.59 Å². The Kier molecular flexibility index (Phi) is 8.73. The van der Waals surface area contributed by atoms with Crippen molar-refractivity contribution in [1.82, 2.24) is 4.90 Å². The van der Waals surface area contributed by atoms with Gasteiger partial charge >= 0.3 is 0 Å². The summed E-state index contributed by atoms with van der Waals surface area (Å²) in [6, 6.07) is 0. The van der Waals surface area contributed by atoms with Gasteiger partial charge in [-0.3, -0.25) is 4.79 Å². The van der Waals surface area contributed by atoms with E-state index in [2.05, 4.69) is 0 Å². The summed E-state index contributed by atoms with van der Waals surface area (Å²) in [5.74, 6) is 0.167. The standard InChI is InChI=1S/C3H7NO.C3H6O/c1-4(2)3-5;1-3(2)4/h3H,1-2H3;1-2H3. The Morgan fingerprint density at radius 2 is 1.44 bits per heavy atom. The maximum atomic E-state index is 9.44. The molecule has 0 spiro atoms. The lowest BCUT2D eigenvalue weighted by Gasteiger charge is -1.93. The normalized spacial score (nSPS) is 6.67. The highest BCUT2D eigenvalue weighted by Gasteiger charge is 1.68. The third kappa shape index (κ3) is 145. The van der Waals surface area contributed by atoms with Gasteiger partial charge in [0.1, 0.15) is 5.78 Å². The van der Waals surface area contributed by atoms with E-state index in [4.69, 9.17) is 0 Å². The molecule has 0 bridgehead atoms. The van der Waals surface area contributed by atoms with Crippen LogP contribution in [0.1, 0.15) is 13.8 Å². The lowest BCUT2D eigenvalue weighted by molar-refractivity contribution is -0.116. The number of ketones is 1. The molecule has 0 fully saturated rings. The van der Waals surface area contributed by atoms with Crippen molar-refractivity contribution in [3.05, 3.63) is 0 Å². The van der Waals surface area contributed by atoms with E-state index < -0.39 is 0 Å². The molecular weight excluding hydrogens is 118 g/mol. The molecule has 3 nitrogen and oxygen atoms in total. The van der Waals surface area contributed by atoms with Crippen LogP contribution in [0.5, 0.6) is 0 Å². The fourth-order valence-electron chi connectivity index (χ4n) is 0. The molecule has 0 aromatic rings. The van der Waals surface area contributed by atoms with Gasteiger partial charge in [0, 0.05) is 14.1 Å². The largest absolute Gasteiger partial charge is 0.351 e. The zero-order chi connectivity index (χ0) is 7.86. The van der Waals surface area contributed by atoms with Crippen LogP contribution in [0.2, 0.25) is 0 Å². The third-order valence-electron chi connectivity index (χ3n) is 0.211. The summed E-state index contributed by atoms with van der Waals surface area (Å²) in [4.78, 5) is 20.3. The maximum absolute atomic E-state index is 9.44. The van der Waals surface area contributed by atoms with Crippen LogP contribution >= 0.6 is 0 Å². The second kappa shape index (κ2) is 7.14. The van der Waals surface area contributed by atoms with Crippen LogP contribution in [-0.4, -0.2) is 31.2 Å². The van der Waals surface area contributed by atoms with Crippen molar-refractivity contribution in [2.24, 2.45) is 0 Å². The first kappa shape index (κ1) is 11.0. The first-order valence-corrected chi connectivity index (χ1v) is 2.59. The molecule has 0 aliphatic carbocycles. The molecule has 0 saturated heterocycles. The molecule has 0 aliphatic rings. The van der Waals surface area contributed by atoms with Crippen LogP contribution in [0.15, 0.2) is 0 Å². The number of carbonyl (C=O) groups is 2. The van der Waals surface area contributed by atoms with Gasteiger partial charge in [0.05, 0.1) is 0 Å². The number of nitrogens with zero attached hydrogens (tertiary/aromatic N) is 1. The highest BCUT2D eigenvalue weighted by molar-refractivity contribution is 5.72. The van der Waals surface area contributed by atoms with E-state index in [1.54, 1.807) is 14.1 Å². The number of carbonyl (C=O) groups excluding carboxylic acids is 2. The Morgan fingerprint density at radius 1 is 1.33 bits per heavy atom. The SMILES string of the molecule is CC(C)=O.CN(C)C=O. The van der Waals surface area contributed by atoms with Crippen molar-refractivity contribution in [2.45, 2.75) is 13.8 Å². The van der Waals surface area contributed by atoms with Gasteiger partial charge in [-0.2, -0.15) is 0 Å². The number of Topliss-reactive ketones (excluding diaryl/α,β-unsaturated/α-hetero) is 1. The Morgan fingerprint density at radius 3 is 1.44 bits per heavy atom. The smallest absolute Gasteiger partial charge is 0.209 e. The first-order valence-electron chi connectivity index (χ1n) is 2.59. The predicted molar refractivity (Wildman–Crippen MR) is 36.1 cm³/mol. The van der Waals surface area contributed by atoms with E-state index in [9.17, 15) is 9.59 Å². The topological polar surface area (TPSA) is 37.4 Å². The lowest BCUT2D eigenvalue weighted by atomic mass is 10.6. The van der Waals surface area contributed by atoms with Crippen molar-refractivity contribution in [3.63, 3.8) is 0 Å². The fourth-order valence-corrected chi connectivity index (χ4v) is 0. The highest BCUT2D eigenvalue weighted by Crippen LogP contribution is 1.52. The molecule has 1 amide bonds. The lowest BCUT2D eigenvalue weighted by Crippen LogP contribution is -2.06. The fraction of sp³-hybridized carbons (Fsp3) is 0.667. The average Bonchev–Trinajstić information content (AvgIpc) is 1.65. The van der Waals surface area contributed by atoms with Gasteiger partial charge in [-0.05, 0) is 13.8 Å². The number of hydrogen-bond donors (Lipinski definition) is 0. The number of amides is 1. The van der Waals surface area contributed by atoms with Gasteiger partial charge in [-0.15, -0.1) is 0 Å². The number of rotatable bonds is 1. The van der Waals surface area contributed by atoms with Crippen molar-refractivity contribution in [2.75, 3.05) is 14.1 Å². The van der Waals surface area contributed by atoms with Crippen molar-refractivity contribution in [1.29, 1.82) is 0 Å². The molecule has 0 aliphatic heterocycles. The van der Waals surface area contributed by atoms with E-state index in [-0.39, 0.29) is 5.78 Å². The molecule has 0 atom stereocenters. The quantitative estimate of drug-likeness (QED) is 0.480. The van der Waals surface area contributed by atoms with E-state index in [0.717, 1.165) is 6.41 Å². The van der Waals surface area contributed by atoms with Crippen LogP contribution in [0.25, 0.3) is 0 Å².